The van der Waals surface area contributed by atoms with Gasteiger partial charge in [0.15, 0.2) is 5.76 Å². The van der Waals surface area contributed by atoms with Gasteiger partial charge in [-0.15, -0.1) is 0 Å². The number of carbonyl (C=O) groups is 2. The Morgan fingerprint density at radius 3 is 2.58 bits per heavy atom. The van der Waals surface area contributed by atoms with Gasteiger partial charge in [0.2, 0.25) is 0 Å². The van der Waals surface area contributed by atoms with Crippen LogP contribution in [0.1, 0.15) is 55.9 Å². The van der Waals surface area contributed by atoms with Crippen LogP contribution in [-0.4, -0.2) is 71.0 Å². The third kappa shape index (κ3) is 3.99. The van der Waals surface area contributed by atoms with Crippen molar-refractivity contribution in [3.63, 3.8) is 0 Å². The number of carbonyl (C=O) groups excluding carboxylic acids is 2. The van der Waals surface area contributed by atoms with E-state index in [-0.39, 0.29) is 17.7 Å². The Labute approximate surface area is 192 Å². The van der Waals surface area contributed by atoms with Crippen molar-refractivity contribution in [2.24, 2.45) is 0 Å². The Morgan fingerprint density at radius 1 is 1.03 bits per heavy atom. The van der Waals surface area contributed by atoms with Gasteiger partial charge in [-0.25, -0.2) is 9.97 Å². The van der Waals surface area contributed by atoms with E-state index in [1.54, 1.807) is 11.1 Å². The molecule has 8 nitrogen and oxygen atoms in total. The zero-order valence-electron chi connectivity index (χ0n) is 19.3. The van der Waals surface area contributed by atoms with E-state index in [0.29, 0.717) is 62.2 Å². The Morgan fingerprint density at radius 2 is 1.82 bits per heavy atom. The fourth-order valence-electron chi connectivity index (χ4n) is 4.67. The van der Waals surface area contributed by atoms with Crippen LogP contribution in [0.15, 0.2) is 28.8 Å². The average Bonchev–Trinajstić information content (AvgIpc) is 3.44. The summed E-state index contributed by atoms with van der Waals surface area (Å²) in [4.78, 5) is 38.8. The van der Waals surface area contributed by atoms with Crippen molar-refractivity contribution in [2.45, 2.75) is 33.1 Å². The second-order valence-corrected chi connectivity index (χ2v) is 8.92. The second-order valence-electron chi connectivity index (χ2n) is 8.92. The van der Waals surface area contributed by atoms with Crippen molar-refractivity contribution in [1.29, 1.82) is 0 Å². The fourth-order valence-corrected chi connectivity index (χ4v) is 4.67. The van der Waals surface area contributed by atoms with E-state index in [0.717, 1.165) is 28.5 Å². The molecule has 1 atom stereocenters. The van der Waals surface area contributed by atoms with Gasteiger partial charge in [-0.1, -0.05) is 11.6 Å². The fraction of sp³-hybridized carbons (Fsp3) is 0.440. The van der Waals surface area contributed by atoms with E-state index in [2.05, 4.69) is 9.97 Å². The number of hydrogen-bond acceptors (Lipinski definition) is 6. The van der Waals surface area contributed by atoms with Crippen molar-refractivity contribution < 1.29 is 18.7 Å². The van der Waals surface area contributed by atoms with Gasteiger partial charge in [0, 0.05) is 49.2 Å². The van der Waals surface area contributed by atoms with Gasteiger partial charge in [-0.3, -0.25) is 9.59 Å². The number of aryl methyl sites for hydroxylation is 3. The first-order chi connectivity index (χ1) is 15.9. The summed E-state index contributed by atoms with van der Waals surface area (Å²) in [5, 5.41) is 0.980. The molecule has 5 rings (SSSR count). The highest BCUT2D eigenvalue weighted by Crippen LogP contribution is 2.31. The lowest BCUT2D eigenvalue weighted by molar-refractivity contribution is 0.0301. The first-order valence-electron chi connectivity index (χ1n) is 11.4. The van der Waals surface area contributed by atoms with Crippen molar-refractivity contribution >= 4 is 22.8 Å². The van der Waals surface area contributed by atoms with Gasteiger partial charge in [0.1, 0.15) is 11.4 Å². The maximum absolute atomic E-state index is 13.2. The SMILES string of the molecule is Cc1ccc2oc(C(=O)N3CC[C@H](c4ncc(C(=O)N5CCOCC5)c(C)n4)C3)c(C)c2c1. The highest BCUT2D eigenvalue weighted by atomic mass is 16.5. The number of furan rings is 1. The predicted octanol–water partition coefficient (Wildman–Crippen LogP) is 3.25. The number of hydrogen-bond donors (Lipinski definition) is 0. The highest BCUT2D eigenvalue weighted by Gasteiger charge is 2.33. The number of morpholine rings is 1. The molecule has 2 aliphatic heterocycles. The number of fused-ring (bicyclic) bond motifs is 1. The van der Waals surface area contributed by atoms with E-state index < -0.39 is 0 Å². The van der Waals surface area contributed by atoms with Crippen molar-refractivity contribution in [1.82, 2.24) is 19.8 Å². The second kappa shape index (κ2) is 8.59. The summed E-state index contributed by atoms with van der Waals surface area (Å²) in [6.07, 6.45) is 2.41. The predicted molar refractivity (Wildman–Crippen MR) is 122 cm³/mol. The molecule has 2 aliphatic rings. The Bertz CT molecular complexity index is 1230. The smallest absolute Gasteiger partial charge is 0.289 e. The number of ether oxygens (including phenoxy) is 1. The van der Waals surface area contributed by atoms with Gasteiger partial charge in [-0.05, 0) is 39.3 Å². The van der Waals surface area contributed by atoms with Gasteiger partial charge >= 0.3 is 0 Å². The Kier molecular flexibility index (Phi) is 5.62. The van der Waals surface area contributed by atoms with Crippen LogP contribution in [0.2, 0.25) is 0 Å². The van der Waals surface area contributed by atoms with Gasteiger partial charge in [-0.2, -0.15) is 0 Å². The van der Waals surface area contributed by atoms with E-state index in [9.17, 15) is 9.59 Å². The van der Waals surface area contributed by atoms with E-state index in [4.69, 9.17) is 9.15 Å². The lowest BCUT2D eigenvalue weighted by Gasteiger charge is -2.27. The van der Waals surface area contributed by atoms with Gasteiger partial charge < -0.3 is 19.0 Å². The molecule has 172 valence electrons. The number of likely N-dealkylation sites (tertiary alicyclic amines) is 1. The van der Waals surface area contributed by atoms with Crippen molar-refractivity contribution in [2.75, 3.05) is 39.4 Å². The zero-order valence-corrected chi connectivity index (χ0v) is 19.3. The standard InChI is InChI=1S/C25H28N4O4/c1-15-4-5-21-19(12-15)16(2)22(33-21)25(31)29-7-6-18(14-29)23-26-13-20(17(3)27-23)24(30)28-8-10-32-11-9-28/h4-5,12-13,18H,6-11,14H2,1-3H3/t18-/m0/s1. The molecule has 33 heavy (non-hydrogen) atoms. The van der Waals surface area contributed by atoms with Crippen LogP contribution in [-0.2, 0) is 4.74 Å². The number of rotatable bonds is 3. The topological polar surface area (TPSA) is 88.8 Å². The maximum Gasteiger partial charge on any atom is 0.289 e. The number of benzene rings is 1. The molecular weight excluding hydrogens is 420 g/mol. The van der Waals surface area contributed by atoms with Crippen molar-refractivity contribution in [3.05, 3.63) is 58.4 Å². The molecule has 1 aromatic carbocycles. The minimum atomic E-state index is -0.0975. The molecule has 2 amide bonds. The summed E-state index contributed by atoms with van der Waals surface area (Å²) < 4.78 is 11.2. The van der Waals surface area contributed by atoms with Crippen molar-refractivity contribution in [3.8, 4) is 0 Å². The molecule has 2 aromatic heterocycles. The zero-order chi connectivity index (χ0) is 23.1. The number of amides is 2. The van der Waals surface area contributed by atoms with E-state index >= 15 is 0 Å². The van der Waals surface area contributed by atoms with E-state index in [1.165, 1.54) is 0 Å². The normalized spacial score (nSPS) is 18.8. The summed E-state index contributed by atoms with van der Waals surface area (Å²) in [6, 6.07) is 5.95. The lowest BCUT2D eigenvalue weighted by Crippen LogP contribution is -2.41. The number of nitrogens with zero attached hydrogens (tertiary/aromatic N) is 4. The molecule has 2 saturated heterocycles. The summed E-state index contributed by atoms with van der Waals surface area (Å²) >= 11 is 0. The van der Waals surface area contributed by atoms with Crippen LogP contribution in [0, 0.1) is 20.8 Å². The van der Waals surface area contributed by atoms with Crippen LogP contribution in [0.4, 0.5) is 0 Å². The molecular formula is C25H28N4O4. The molecule has 2 fully saturated rings. The molecule has 0 bridgehead atoms. The van der Waals surface area contributed by atoms with Crippen LogP contribution < -0.4 is 0 Å². The number of aromatic nitrogens is 2. The molecule has 0 unspecified atom stereocenters. The monoisotopic (exact) mass is 448 g/mol. The van der Waals surface area contributed by atoms with Gasteiger partial charge in [0.05, 0.1) is 24.5 Å². The Balaban J connectivity index is 1.31. The average molecular weight is 449 g/mol. The maximum atomic E-state index is 13.2. The lowest BCUT2D eigenvalue weighted by atomic mass is 10.1. The van der Waals surface area contributed by atoms with Crippen LogP contribution in [0.3, 0.4) is 0 Å². The molecule has 3 aromatic rings. The summed E-state index contributed by atoms with van der Waals surface area (Å²) in [7, 11) is 0. The summed E-state index contributed by atoms with van der Waals surface area (Å²) in [5.74, 6) is 0.964. The molecule has 0 saturated carbocycles. The molecule has 0 radical (unpaired) electrons. The minimum Gasteiger partial charge on any atom is -0.451 e. The molecule has 0 aliphatic carbocycles. The molecule has 0 N–H and O–H groups in total. The molecule has 0 spiro atoms. The first kappa shape index (κ1) is 21.6. The Hall–Kier alpha value is -3.26. The largest absolute Gasteiger partial charge is 0.451 e. The first-order valence-corrected chi connectivity index (χ1v) is 11.4. The summed E-state index contributed by atoms with van der Waals surface area (Å²) in [5.41, 5.74) is 3.94. The third-order valence-electron chi connectivity index (χ3n) is 6.65. The highest BCUT2D eigenvalue weighted by molar-refractivity contribution is 5.99. The van der Waals surface area contributed by atoms with Gasteiger partial charge in [0.25, 0.3) is 11.8 Å². The van der Waals surface area contributed by atoms with Crippen LogP contribution in [0.25, 0.3) is 11.0 Å². The molecule has 8 heteroatoms. The van der Waals surface area contributed by atoms with Crippen LogP contribution in [0.5, 0.6) is 0 Å². The quantitative estimate of drug-likeness (QED) is 0.611. The summed E-state index contributed by atoms with van der Waals surface area (Å²) in [6.45, 7) is 9.24. The molecule has 4 heterocycles. The third-order valence-corrected chi connectivity index (χ3v) is 6.65. The van der Waals surface area contributed by atoms with Crippen LogP contribution >= 0.6 is 0 Å². The minimum absolute atomic E-state index is 0.0344. The van der Waals surface area contributed by atoms with E-state index in [1.807, 2.05) is 43.9 Å².